The Bertz CT molecular complexity index is 396. The Morgan fingerprint density at radius 3 is 2.62 bits per heavy atom. The van der Waals surface area contributed by atoms with Gasteiger partial charge >= 0.3 is 5.97 Å². The number of benzene rings is 1. The Kier molecular flexibility index (Phi) is 4.44. The van der Waals surface area contributed by atoms with E-state index >= 15 is 0 Å². The molecule has 0 radical (unpaired) electrons. The molecule has 1 unspecified atom stereocenters. The molecule has 3 nitrogen and oxygen atoms in total. The largest absolute Gasteiger partial charge is 0.481 e. The highest BCUT2D eigenvalue weighted by Gasteiger charge is 2.18. The number of aliphatic carboxylic acids is 1. The predicted molar refractivity (Wildman–Crippen MR) is 62.8 cm³/mol. The Morgan fingerprint density at radius 1 is 1.56 bits per heavy atom. The lowest BCUT2D eigenvalue weighted by molar-refractivity contribution is -0.138. The molecule has 1 aromatic carbocycles. The van der Waals surface area contributed by atoms with Gasteiger partial charge in [-0.1, -0.05) is 6.07 Å². The Labute approximate surface area is 102 Å². The van der Waals surface area contributed by atoms with E-state index in [-0.39, 0.29) is 18.3 Å². The number of rotatable bonds is 4. The fraction of sp³-hybridized carbons (Fsp3) is 0.364. The van der Waals surface area contributed by atoms with E-state index in [9.17, 15) is 9.18 Å². The Morgan fingerprint density at radius 2 is 2.19 bits per heavy atom. The summed E-state index contributed by atoms with van der Waals surface area (Å²) in [5.74, 6) is -1.28. The van der Waals surface area contributed by atoms with Gasteiger partial charge in [-0.05, 0) is 47.7 Å². The van der Waals surface area contributed by atoms with Gasteiger partial charge in [-0.15, -0.1) is 0 Å². The van der Waals surface area contributed by atoms with Crippen LogP contribution in [0.4, 0.5) is 4.39 Å². The summed E-state index contributed by atoms with van der Waals surface area (Å²) in [4.78, 5) is 12.5. The predicted octanol–water partition coefficient (Wildman–Crippen LogP) is 2.67. The average Bonchev–Trinajstić information content (AvgIpc) is 2.18. The molecule has 0 amide bonds. The van der Waals surface area contributed by atoms with E-state index in [0.717, 1.165) is 0 Å². The van der Waals surface area contributed by atoms with E-state index in [2.05, 4.69) is 15.9 Å². The molecule has 0 fully saturated rings. The fourth-order valence-corrected chi connectivity index (χ4v) is 1.73. The molecule has 0 bridgehead atoms. The first-order valence-electron chi connectivity index (χ1n) is 4.75. The lowest BCUT2D eigenvalue weighted by atomic mass is 10.0. The molecule has 0 aromatic heterocycles. The molecule has 0 saturated heterocycles. The summed E-state index contributed by atoms with van der Waals surface area (Å²) in [6.45, 7) is 0. The van der Waals surface area contributed by atoms with Gasteiger partial charge in [0.25, 0.3) is 0 Å². The third kappa shape index (κ3) is 3.28. The van der Waals surface area contributed by atoms with Gasteiger partial charge in [0.2, 0.25) is 0 Å². The van der Waals surface area contributed by atoms with Crippen molar-refractivity contribution >= 4 is 21.9 Å². The van der Waals surface area contributed by atoms with Crippen LogP contribution in [0.3, 0.4) is 0 Å². The highest BCUT2D eigenvalue weighted by Crippen LogP contribution is 2.25. The number of hydrogen-bond donors (Lipinski definition) is 1. The van der Waals surface area contributed by atoms with Crippen molar-refractivity contribution in [3.63, 3.8) is 0 Å². The monoisotopic (exact) mass is 289 g/mol. The van der Waals surface area contributed by atoms with Crippen LogP contribution >= 0.6 is 15.9 Å². The number of carboxylic acid groups (broad SMARTS) is 1. The molecule has 0 aliphatic heterocycles. The van der Waals surface area contributed by atoms with E-state index in [1.807, 2.05) is 0 Å². The standard InChI is InChI=1S/C11H13BrFNO2/c1-14(2)10(6-11(15)16)7-3-4-8(12)9(13)5-7/h3-5,10H,6H2,1-2H3,(H,15,16). The Balaban J connectivity index is 3.01. The minimum Gasteiger partial charge on any atom is -0.481 e. The van der Waals surface area contributed by atoms with Crippen LogP contribution in [0.2, 0.25) is 0 Å². The first-order chi connectivity index (χ1) is 7.41. The maximum Gasteiger partial charge on any atom is 0.305 e. The zero-order valence-corrected chi connectivity index (χ0v) is 10.7. The van der Waals surface area contributed by atoms with Crippen LogP contribution in [0.1, 0.15) is 18.0 Å². The van der Waals surface area contributed by atoms with Gasteiger partial charge in [-0.25, -0.2) is 4.39 Å². The van der Waals surface area contributed by atoms with Crippen molar-refractivity contribution < 1.29 is 14.3 Å². The van der Waals surface area contributed by atoms with Crippen LogP contribution in [0.15, 0.2) is 22.7 Å². The molecule has 0 saturated carbocycles. The first-order valence-corrected chi connectivity index (χ1v) is 5.54. The van der Waals surface area contributed by atoms with Gasteiger partial charge in [0.15, 0.2) is 0 Å². The molecule has 0 heterocycles. The van der Waals surface area contributed by atoms with Crippen LogP contribution in [-0.4, -0.2) is 30.1 Å². The normalized spacial score (nSPS) is 12.8. The van der Waals surface area contributed by atoms with Crippen LogP contribution in [0.5, 0.6) is 0 Å². The molecule has 1 N–H and O–H groups in total. The molecular formula is C11H13BrFNO2. The second-order valence-corrected chi connectivity index (χ2v) is 4.61. The van der Waals surface area contributed by atoms with Gasteiger partial charge in [0.05, 0.1) is 10.9 Å². The molecule has 0 spiro atoms. The highest BCUT2D eigenvalue weighted by molar-refractivity contribution is 9.10. The minimum absolute atomic E-state index is 0.0475. The molecule has 88 valence electrons. The van der Waals surface area contributed by atoms with Gasteiger partial charge in [-0.2, -0.15) is 0 Å². The first kappa shape index (κ1) is 13.1. The zero-order valence-electron chi connectivity index (χ0n) is 9.08. The summed E-state index contributed by atoms with van der Waals surface area (Å²) < 4.78 is 13.7. The van der Waals surface area contributed by atoms with Crippen LogP contribution < -0.4 is 0 Å². The van der Waals surface area contributed by atoms with Crippen LogP contribution in [0, 0.1) is 5.82 Å². The number of carbonyl (C=O) groups is 1. The van der Waals surface area contributed by atoms with E-state index in [0.29, 0.717) is 10.0 Å². The van der Waals surface area contributed by atoms with Crippen molar-refractivity contribution in [1.29, 1.82) is 0 Å². The van der Waals surface area contributed by atoms with Crippen molar-refractivity contribution in [2.75, 3.05) is 14.1 Å². The summed E-state index contributed by atoms with van der Waals surface area (Å²) in [6, 6.07) is 4.35. The van der Waals surface area contributed by atoms with Crippen molar-refractivity contribution in [1.82, 2.24) is 4.90 Å². The number of halogens is 2. The molecule has 1 atom stereocenters. The van der Waals surface area contributed by atoms with E-state index in [1.165, 1.54) is 6.07 Å². The summed E-state index contributed by atoms with van der Waals surface area (Å²) in [5.41, 5.74) is 0.660. The van der Waals surface area contributed by atoms with E-state index in [1.54, 1.807) is 31.1 Å². The third-order valence-electron chi connectivity index (χ3n) is 2.32. The van der Waals surface area contributed by atoms with Gasteiger partial charge in [-0.3, -0.25) is 4.79 Å². The molecule has 0 aliphatic carbocycles. The topological polar surface area (TPSA) is 40.5 Å². The Hall–Kier alpha value is -0.940. The number of hydrogen-bond acceptors (Lipinski definition) is 2. The van der Waals surface area contributed by atoms with Crippen molar-refractivity contribution in [3.8, 4) is 0 Å². The van der Waals surface area contributed by atoms with Crippen LogP contribution in [0.25, 0.3) is 0 Å². The lowest BCUT2D eigenvalue weighted by Crippen LogP contribution is -2.22. The third-order valence-corrected chi connectivity index (χ3v) is 2.96. The maximum absolute atomic E-state index is 13.3. The quantitative estimate of drug-likeness (QED) is 0.926. The maximum atomic E-state index is 13.3. The molecule has 5 heteroatoms. The SMILES string of the molecule is CN(C)C(CC(=O)O)c1ccc(Br)c(F)c1. The molecule has 16 heavy (non-hydrogen) atoms. The summed E-state index contributed by atoms with van der Waals surface area (Å²) >= 11 is 3.06. The fourth-order valence-electron chi connectivity index (χ4n) is 1.48. The lowest BCUT2D eigenvalue weighted by Gasteiger charge is -2.23. The highest BCUT2D eigenvalue weighted by atomic mass is 79.9. The summed E-state index contributed by atoms with van der Waals surface area (Å²) in [7, 11) is 3.54. The summed E-state index contributed by atoms with van der Waals surface area (Å²) in [6.07, 6.45) is -0.0475. The van der Waals surface area contributed by atoms with Crippen LogP contribution in [-0.2, 0) is 4.79 Å². The van der Waals surface area contributed by atoms with Gasteiger partial charge in [0.1, 0.15) is 5.82 Å². The van der Waals surface area contributed by atoms with E-state index < -0.39 is 5.97 Å². The average molecular weight is 290 g/mol. The molecule has 1 rings (SSSR count). The van der Waals surface area contributed by atoms with Crippen molar-refractivity contribution in [2.45, 2.75) is 12.5 Å². The zero-order chi connectivity index (χ0) is 12.3. The van der Waals surface area contributed by atoms with Crippen molar-refractivity contribution in [2.24, 2.45) is 0 Å². The van der Waals surface area contributed by atoms with Gasteiger partial charge in [0, 0.05) is 6.04 Å². The van der Waals surface area contributed by atoms with Crippen molar-refractivity contribution in [3.05, 3.63) is 34.1 Å². The van der Waals surface area contributed by atoms with E-state index in [4.69, 9.17) is 5.11 Å². The van der Waals surface area contributed by atoms with Gasteiger partial charge < -0.3 is 10.0 Å². The second kappa shape index (κ2) is 5.41. The molecule has 1 aromatic rings. The number of carboxylic acids is 1. The minimum atomic E-state index is -0.901. The summed E-state index contributed by atoms with van der Waals surface area (Å²) in [5, 5.41) is 8.79. The molecule has 0 aliphatic rings. The second-order valence-electron chi connectivity index (χ2n) is 3.75. The molecular weight excluding hydrogens is 277 g/mol. The smallest absolute Gasteiger partial charge is 0.305 e. The number of nitrogens with zero attached hydrogens (tertiary/aromatic N) is 1.